The molecular formula is C32H45N3O4. The maximum atomic E-state index is 13.4. The topological polar surface area (TPSA) is 71.1 Å². The minimum atomic E-state index is -0.232. The number of nitrogens with one attached hydrogen (secondary N) is 1. The molecule has 1 amide bonds. The van der Waals surface area contributed by atoms with Crippen LogP contribution in [0.25, 0.3) is 0 Å². The predicted molar refractivity (Wildman–Crippen MR) is 155 cm³/mol. The van der Waals surface area contributed by atoms with Crippen LogP contribution in [0, 0.1) is 12.8 Å². The number of piperazine rings is 1. The number of carbonyl (C=O) groups excluding carboxylic acids is 2. The summed E-state index contributed by atoms with van der Waals surface area (Å²) in [7, 11) is 1.90. The molecule has 1 N–H and O–H groups in total. The number of amides is 1. The molecule has 0 unspecified atom stereocenters. The molecular weight excluding hydrogens is 490 g/mol. The number of hydrogen-bond acceptors (Lipinski definition) is 6. The van der Waals surface area contributed by atoms with Crippen molar-refractivity contribution in [3.05, 3.63) is 59.2 Å². The second kappa shape index (κ2) is 13.4. The molecule has 2 aliphatic rings. The number of esters is 1. The average molecular weight is 536 g/mol. The van der Waals surface area contributed by atoms with E-state index in [9.17, 15) is 9.59 Å². The highest BCUT2D eigenvalue weighted by Crippen LogP contribution is 2.31. The summed E-state index contributed by atoms with van der Waals surface area (Å²) in [5.41, 5.74) is 4.40. The minimum Gasteiger partial charge on any atom is -0.490 e. The highest BCUT2D eigenvalue weighted by Gasteiger charge is 2.30. The van der Waals surface area contributed by atoms with E-state index in [4.69, 9.17) is 9.47 Å². The Balaban J connectivity index is 1.27. The van der Waals surface area contributed by atoms with Crippen molar-refractivity contribution in [1.82, 2.24) is 10.2 Å². The van der Waals surface area contributed by atoms with Crippen LogP contribution < -0.4 is 15.0 Å². The number of ether oxygens (including phenoxy) is 2. The second-order valence-corrected chi connectivity index (χ2v) is 11.6. The van der Waals surface area contributed by atoms with Gasteiger partial charge in [-0.25, -0.2) is 0 Å². The van der Waals surface area contributed by atoms with Crippen LogP contribution in [0.4, 0.5) is 5.69 Å². The maximum absolute atomic E-state index is 13.4. The van der Waals surface area contributed by atoms with Crippen LogP contribution in [-0.4, -0.2) is 61.7 Å². The average Bonchev–Trinajstić information content (AvgIpc) is 2.89. The number of benzene rings is 2. The Morgan fingerprint density at radius 1 is 1.10 bits per heavy atom. The van der Waals surface area contributed by atoms with Crippen LogP contribution in [0.5, 0.6) is 5.75 Å². The second-order valence-electron chi connectivity index (χ2n) is 11.6. The summed E-state index contributed by atoms with van der Waals surface area (Å²) in [6, 6.07) is 14.6. The van der Waals surface area contributed by atoms with E-state index in [1.54, 1.807) is 0 Å². The molecule has 1 aliphatic heterocycles. The highest BCUT2D eigenvalue weighted by atomic mass is 16.5. The lowest BCUT2D eigenvalue weighted by atomic mass is 9.86. The zero-order valence-corrected chi connectivity index (χ0v) is 24.2. The SMILES string of the molecule is Cc1cc(N(C)C(=O)C2CCC(Oc3cccc(CC(=O)OC(C)C)c3)CC2)ccc1CN1CCN[C@@H](C)C1. The van der Waals surface area contributed by atoms with E-state index in [1.165, 1.54) is 11.1 Å². The molecule has 0 bridgehead atoms. The van der Waals surface area contributed by atoms with Crippen molar-refractivity contribution in [2.45, 2.75) is 84.6 Å². The first-order chi connectivity index (χ1) is 18.7. The molecule has 1 heterocycles. The molecule has 0 aromatic heterocycles. The lowest BCUT2D eigenvalue weighted by Gasteiger charge is -2.32. The third-order valence-electron chi connectivity index (χ3n) is 7.83. The Morgan fingerprint density at radius 3 is 2.56 bits per heavy atom. The molecule has 2 aromatic carbocycles. The van der Waals surface area contributed by atoms with Crippen LogP contribution in [0.15, 0.2) is 42.5 Å². The van der Waals surface area contributed by atoms with Crippen molar-refractivity contribution >= 4 is 17.6 Å². The van der Waals surface area contributed by atoms with Gasteiger partial charge >= 0.3 is 5.97 Å². The van der Waals surface area contributed by atoms with Crippen molar-refractivity contribution in [3.63, 3.8) is 0 Å². The number of carbonyl (C=O) groups is 2. The van der Waals surface area contributed by atoms with E-state index < -0.39 is 0 Å². The van der Waals surface area contributed by atoms with E-state index in [1.807, 2.05) is 50.1 Å². The van der Waals surface area contributed by atoms with Crippen molar-refractivity contribution in [2.75, 3.05) is 31.6 Å². The van der Waals surface area contributed by atoms with E-state index >= 15 is 0 Å². The van der Waals surface area contributed by atoms with Gasteiger partial charge in [-0.05, 0) is 94.3 Å². The molecule has 0 spiro atoms. The van der Waals surface area contributed by atoms with Crippen LogP contribution in [-0.2, 0) is 27.3 Å². The van der Waals surface area contributed by atoms with Crippen LogP contribution >= 0.6 is 0 Å². The van der Waals surface area contributed by atoms with Gasteiger partial charge in [0.05, 0.1) is 18.6 Å². The zero-order valence-electron chi connectivity index (χ0n) is 24.2. The number of rotatable bonds is 9. The molecule has 1 saturated carbocycles. The standard InChI is InChI=1S/C32H45N3O4/c1-22(2)38-31(36)19-25-7-6-8-30(18-25)39-29-13-10-26(11-14-29)32(37)34(5)28-12-9-27(23(3)17-28)21-35-16-15-33-24(4)20-35/h6-9,12,17-18,22,24,26,29,33H,10-11,13-16,19-21H2,1-5H3/t24-,26?,29?/m0/s1. The first-order valence-electron chi connectivity index (χ1n) is 14.5. The van der Waals surface area contributed by atoms with E-state index in [0.29, 0.717) is 6.04 Å². The number of nitrogens with zero attached hydrogens (tertiary/aromatic N) is 2. The van der Waals surface area contributed by atoms with Crippen LogP contribution in [0.1, 0.15) is 63.1 Å². The Hall–Kier alpha value is -2.90. The van der Waals surface area contributed by atoms with E-state index in [-0.39, 0.29) is 36.4 Å². The molecule has 2 fully saturated rings. The largest absolute Gasteiger partial charge is 0.490 e. The smallest absolute Gasteiger partial charge is 0.310 e. The van der Waals surface area contributed by atoms with Crippen LogP contribution in [0.3, 0.4) is 0 Å². The zero-order chi connectivity index (χ0) is 27.9. The van der Waals surface area contributed by atoms with Crippen molar-refractivity contribution in [2.24, 2.45) is 5.92 Å². The fourth-order valence-corrected chi connectivity index (χ4v) is 5.68. The van der Waals surface area contributed by atoms with Crippen molar-refractivity contribution < 1.29 is 19.1 Å². The highest BCUT2D eigenvalue weighted by molar-refractivity contribution is 5.94. The molecule has 7 heteroatoms. The number of hydrogen-bond donors (Lipinski definition) is 1. The van der Waals surface area contributed by atoms with Gasteiger partial charge in [-0.3, -0.25) is 14.5 Å². The molecule has 4 rings (SSSR count). The maximum Gasteiger partial charge on any atom is 0.310 e. The van der Waals surface area contributed by atoms with Gasteiger partial charge in [0.1, 0.15) is 5.75 Å². The van der Waals surface area contributed by atoms with E-state index in [2.05, 4.69) is 42.3 Å². The lowest BCUT2D eigenvalue weighted by Crippen LogP contribution is -2.48. The Labute approximate surface area is 233 Å². The third kappa shape index (κ3) is 8.29. The normalized spacial score (nSPS) is 21.9. The minimum absolute atomic E-state index is 0.00862. The summed E-state index contributed by atoms with van der Waals surface area (Å²) >= 11 is 0. The lowest BCUT2D eigenvalue weighted by molar-refractivity contribution is -0.146. The number of aryl methyl sites for hydroxylation is 1. The summed E-state index contributed by atoms with van der Waals surface area (Å²) in [6.45, 7) is 12.2. The Kier molecular flexibility index (Phi) is 10.0. The monoisotopic (exact) mass is 535 g/mol. The van der Waals surface area contributed by atoms with Crippen LogP contribution in [0.2, 0.25) is 0 Å². The van der Waals surface area contributed by atoms with Crippen molar-refractivity contribution in [1.29, 1.82) is 0 Å². The van der Waals surface area contributed by atoms with Gasteiger partial charge < -0.3 is 19.7 Å². The molecule has 7 nitrogen and oxygen atoms in total. The van der Waals surface area contributed by atoms with Crippen molar-refractivity contribution in [3.8, 4) is 5.75 Å². The molecule has 39 heavy (non-hydrogen) atoms. The summed E-state index contributed by atoms with van der Waals surface area (Å²) in [5, 5.41) is 3.50. The van der Waals surface area contributed by atoms with Gasteiger partial charge in [0.25, 0.3) is 0 Å². The molecule has 0 radical (unpaired) electrons. The van der Waals surface area contributed by atoms with Gasteiger partial charge in [0.15, 0.2) is 0 Å². The summed E-state index contributed by atoms with van der Waals surface area (Å²) in [5.74, 6) is 0.725. The fourth-order valence-electron chi connectivity index (χ4n) is 5.68. The third-order valence-corrected chi connectivity index (χ3v) is 7.83. The van der Waals surface area contributed by atoms with Gasteiger partial charge in [-0.2, -0.15) is 0 Å². The number of anilines is 1. The fraction of sp³-hybridized carbons (Fsp3) is 0.562. The van der Waals surface area contributed by atoms with E-state index in [0.717, 1.165) is 68.9 Å². The van der Waals surface area contributed by atoms with Gasteiger partial charge in [0.2, 0.25) is 5.91 Å². The Bertz CT molecular complexity index is 1130. The van der Waals surface area contributed by atoms with Gasteiger partial charge in [-0.15, -0.1) is 0 Å². The first-order valence-corrected chi connectivity index (χ1v) is 14.5. The summed E-state index contributed by atoms with van der Waals surface area (Å²) in [6.07, 6.45) is 3.49. The molecule has 1 atom stereocenters. The first kappa shape index (κ1) is 29.1. The summed E-state index contributed by atoms with van der Waals surface area (Å²) in [4.78, 5) is 29.7. The van der Waals surface area contributed by atoms with Gasteiger partial charge in [-0.1, -0.05) is 18.2 Å². The quantitative estimate of drug-likeness (QED) is 0.462. The van der Waals surface area contributed by atoms with Gasteiger partial charge in [0, 0.05) is 50.9 Å². The molecule has 1 aliphatic carbocycles. The molecule has 1 saturated heterocycles. The molecule has 212 valence electrons. The predicted octanol–water partition coefficient (Wildman–Crippen LogP) is 4.88. The Morgan fingerprint density at radius 2 is 1.87 bits per heavy atom. The summed E-state index contributed by atoms with van der Waals surface area (Å²) < 4.78 is 11.5. The molecule has 2 aromatic rings.